The van der Waals surface area contributed by atoms with Crippen LogP contribution in [0.15, 0.2) is 0 Å². The van der Waals surface area contributed by atoms with Crippen molar-refractivity contribution in [2.24, 2.45) is 0 Å². The molecule has 0 aliphatic rings. The van der Waals surface area contributed by atoms with Crippen LogP contribution < -0.4 is 0 Å². The summed E-state index contributed by atoms with van der Waals surface area (Å²) in [7, 11) is 0. The van der Waals surface area contributed by atoms with Gasteiger partial charge in [-0.05, 0) is 0 Å². The van der Waals surface area contributed by atoms with Crippen molar-refractivity contribution >= 4 is 11.9 Å². The minimum absolute atomic E-state index is 0.00555. The molecule has 0 aromatic heterocycles. The predicted molar refractivity (Wildman–Crippen MR) is 68.3 cm³/mol. The summed E-state index contributed by atoms with van der Waals surface area (Å²) in [5, 5.41) is 44.8. The number of aliphatic carboxylic acids is 2. The number of carboxylic acids is 2. The highest BCUT2D eigenvalue weighted by Crippen LogP contribution is 1.97. The fraction of sp³-hybridized carbons (Fsp3) is 0.818. The zero-order valence-electron chi connectivity index (χ0n) is 11.2. The van der Waals surface area contributed by atoms with Gasteiger partial charge in [0.1, 0.15) is 0 Å². The first-order valence-corrected chi connectivity index (χ1v) is 6.17. The minimum atomic E-state index is -1.08. The number of hydrogen-bond acceptors (Lipinski definition) is 7. The van der Waals surface area contributed by atoms with Gasteiger partial charge in [-0.3, -0.25) is 19.4 Å². The van der Waals surface area contributed by atoms with Gasteiger partial charge in [0.15, 0.2) is 0 Å². The van der Waals surface area contributed by atoms with E-state index in [2.05, 4.69) is 0 Å². The Morgan fingerprint density at radius 1 is 0.850 bits per heavy atom. The van der Waals surface area contributed by atoms with Crippen LogP contribution in [0.5, 0.6) is 0 Å². The molecule has 0 bridgehead atoms. The summed E-state index contributed by atoms with van der Waals surface area (Å²) in [5.74, 6) is -2.16. The van der Waals surface area contributed by atoms with Crippen LogP contribution in [0.4, 0.5) is 0 Å². The lowest BCUT2D eigenvalue weighted by Gasteiger charge is -2.26. The van der Waals surface area contributed by atoms with Crippen molar-refractivity contribution < 1.29 is 35.1 Å². The molecule has 0 saturated carbocycles. The molecule has 20 heavy (non-hydrogen) atoms. The lowest BCUT2D eigenvalue weighted by molar-refractivity contribution is -0.139. The van der Waals surface area contributed by atoms with Crippen LogP contribution in [0.1, 0.15) is 0 Å². The Balaban J connectivity index is 4.34. The van der Waals surface area contributed by atoms with Gasteiger partial charge in [-0.1, -0.05) is 0 Å². The molecule has 0 fully saturated rings. The molecule has 0 heterocycles. The molecule has 0 atom stereocenters. The molecule has 0 aromatic carbocycles. The Morgan fingerprint density at radius 3 is 1.45 bits per heavy atom. The maximum absolute atomic E-state index is 10.6. The molecule has 0 aromatic rings. The number of nitrogens with zero attached hydrogens (tertiary/aromatic N) is 2. The third kappa shape index (κ3) is 9.64. The summed E-state index contributed by atoms with van der Waals surface area (Å²) in [6, 6.07) is 0. The molecule has 118 valence electrons. The summed E-state index contributed by atoms with van der Waals surface area (Å²) >= 11 is 0. The minimum Gasteiger partial charge on any atom is -0.480 e. The average molecular weight is 294 g/mol. The normalized spacial score (nSPS) is 11.5. The first kappa shape index (κ1) is 18.7. The quantitative estimate of drug-likeness (QED) is 0.256. The number of carboxylic acid groups (broad SMARTS) is 2. The maximum Gasteiger partial charge on any atom is 0.317 e. The fourth-order valence-electron chi connectivity index (χ4n) is 1.79. The van der Waals surface area contributed by atoms with E-state index < -0.39 is 18.0 Å². The number of hydrogen-bond donors (Lipinski definition) is 5. The first-order chi connectivity index (χ1) is 9.38. The van der Waals surface area contributed by atoms with E-state index in [1.165, 1.54) is 9.80 Å². The number of carbonyl (C=O) groups is 2. The van der Waals surface area contributed by atoms with Gasteiger partial charge in [0.2, 0.25) is 0 Å². The molecule has 5 N–H and O–H groups in total. The number of rotatable bonds is 12. The molecule has 0 spiro atoms. The van der Waals surface area contributed by atoms with E-state index in [1.54, 1.807) is 0 Å². The van der Waals surface area contributed by atoms with Crippen LogP contribution in [-0.2, 0) is 9.59 Å². The Labute approximate surface area is 116 Å². The second-order valence-electron chi connectivity index (χ2n) is 4.36. The van der Waals surface area contributed by atoms with Gasteiger partial charge in [0.25, 0.3) is 0 Å². The lowest BCUT2D eigenvalue weighted by Crippen LogP contribution is -2.44. The van der Waals surface area contributed by atoms with Gasteiger partial charge in [0.05, 0.1) is 32.4 Å². The van der Waals surface area contributed by atoms with Gasteiger partial charge >= 0.3 is 11.9 Å². The average Bonchev–Trinajstić information content (AvgIpc) is 2.27. The molecule has 0 radical (unpaired) electrons. The molecular weight excluding hydrogens is 272 g/mol. The molecule has 0 aliphatic heterocycles. The van der Waals surface area contributed by atoms with Crippen LogP contribution in [0.2, 0.25) is 0 Å². The third-order valence-electron chi connectivity index (χ3n) is 2.49. The van der Waals surface area contributed by atoms with Crippen LogP contribution in [0.25, 0.3) is 0 Å². The third-order valence-corrected chi connectivity index (χ3v) is 2.49. The Morgan fingerprint density at radius 2 is 1.20 bits per heavy atom. The molecule has 0 amide bonds. The van der Waals surface area contributed by atoms with Crippen molar-refractivity contribution in [1.29, 1.82) is 0 Å². The molecule has 9 nitrogen and oxygen atoms in total. The van der Waals surface area contributed by atoms with E-state index in [0.29, 0.717) is 0 Å². The van der Waals surface area contributed by atoms with Crippen molar-refractivity contribution in [1.82, 2.24) is 9.80 Å². The summed E-state index contributed by atoms with van der Waals surface area (Å²) < 4.78 is 0. The zero-order valence-corrected chi connectivity index (χ0v) is 11.2. The van der Waals surface area contributed by atoms with Crippen molar-refractivity contribution in [3.8, 4) is 0 Å². The summed E-state index contributed by atoms with van der Waals surface area (Å²) in [5.41, 5.74) is 0. The Hall–Kier alpha value is -1.26. The lowest BCUT2D eigenvalue weighted by atomic mass is 10.2. The van der Waals surface area contributed by atoms with Crippen LogP contribution >= 0.6 is 0 Å². The topological polar surface area (TPSA) is 142 Å². The number of aliphatic hydroxyl groups excluding tert-OH is 3. The van der Waals surface area contributed by atoms with E-state index in [1.807, 2.05) is 0 Å². The van der Waals surface area contributed by atoms with E-state index in [0.717, 1.165) is 0 Å². The summed E-state index contributed by atoms with van der Waals surface area (Å²) in [4.78, 5) is 23.9. The van der Waals surface area contributed by atoms with Gasteiger partial charge in [-0.2, -0.15) is 0 Å². The highest BCUT2D eigenvalue weighted by atomic mass is 16.4. The smallest absolute Gasteiger partial charge is 0.317 e. The van der Waals surface area contributed by atoms with E-state index in [4.69, 9.17) is 20.4 Å². The largest absolute Gasteiger partial charge is 0.480 e. The Kier molecular flexibility index (Phi) is 9.86. The maximum atomic E-state index is 10.6. The fourth-order valence-corrected chi connectivity index (χ4v) is 1.79. The molecule has 9 heteroatoms. The summed E-state index contributed by atoms with van der Waals surface area (Å²) in [6.45, 7) is -0.939. The first-order valence-electron chi connectivity index (χ1n) is 6.17. The van der Waals surface area contributed by atoms with Gasteiger partial charge in [-0.15, -0.1) is 0 Å². The van der Waals surface area contributed by atoms with Gasteiger partial charge in [-0.25, -0.2) is 0 Å². The Bertz CT molecular complexity index is 272. The van der Waals surface area contributed by atoms with Crippen LogP contribution in [-0.4, -0.2) is 106 Å². The van der Waals surface area contributed by atoms with Crippen molar-refractivity contribution in [3.05, 3.63) is 0 Å². The molecule has 0 saturated heterocycles. The highest BCUT2D eigenvalue weighted by Gasteiger charge is 2.18. The van der Waals surface area contributed by atoms with E-state index in [-0.39, 0.29) is 52.5 Å². The van der Waals surface area contributed by atoms with Crippen molar-refractivity contribution in [2.75, 3.05) is 52.5 Å². The van der Waals surface area contributed by atoms with Crippen molar-refractivity contribution in [2.45, 2.75) is 6.10 Å². The molecule has 0 aliphatic carbocycles. The zero-order chi connectivity index (χ0) is 15.5. The second kappa shape index (κ2) is 10.5. The SMILES string of the molecule is O=C(O)CN(CCO)CC(O)CN(CCO)CC(=O)O. The highest BCUT2D eigenvalue weighted by molar-refractivity contribution is 5.69. The van der Waals surface area contributed by atoms with E-state index in [9.17, 15) is 14.7 Å². The monoisotopic (exact) mass is 294 g/mol. The summed E-state index contributed by atoms with van der Waals surface area (Å²) in [6.07, 6.45) is -0.980. The van der Waals surface area contributed by atoms with Crippen LogP contribution in [0, 0.1) is 0 Å². The van der Waals surface area contributed by atoms with E-state index >= 15 is 0 Å². The molecule has 0 rings (SSSR count). The second-order valence-corrected chi connectivity index (χ2v) is 4.36. The predicted octanol–water partition coefficient (Wildman–Crippen LogP) is -2.89. The molecular formula is C11H22N2O7. The standard InChI is InChI=1S/C11H22N2O7/c14-3-1-12(7-10(17)18)5-9(16)6-13(2-4-15)8-11(19)20/h9,14-16H,1-8H2,(H,17,18)(H,19,20). The van der Waals surface area contributed by atoms with Crippen molar-refractivity contribution in [3.63, 3.8) is 0 Å². The van der Waals surface area contributed by atoms with Crippen LogP contribution in [0.3, 0.4) is 0 Å². The van der Waals surface area contributed by atoms with Gasteiger partial charge < -0.3 is 25.5 Å². The number of aliphatic hydroxyl groups is 3. The van der Waals surface area contributed by atoms with Gasteiger partial charge in [0, 0.05) is 26.2 Å². The molecule has 0 unspecified atom stereocenters.